The molecule has 0 amide bonds. The SMILES string of the molecule is CC1CN(S(=O)(=O)c2ccccc2C#CCN)C(C)CO1. The van der Waals surface area contributed by atoms with E-state index in [1.54, 1.807) is 24.3 Å². The van der Waals surface area contributed by atoms with Crippen molar-refractivity contribution in [2.45, 2.75) is 30.9 Å². The van der Waals surface area contributed by atoms with Gasteiger partial charge in [0.2, 0.25) is 10.0 Å². The highest BCUT2D eigenvalue weighted by molar-refractivity contribution is 7.89. The second-order valence-corrected chi connectivity index (χ2v) is 6.93. The van der Waals surface area contributed by atoms with E-state index in [0.717, 1.165) is 0 Å². The minimum absolute atomic E-state index is 0.113. The van der Waals surface area contributed by atoms with Crippen LogP contribution in [0.3, 0.4) is 0 Å². The van der Waals surface area contributed by atoms with E-state index in [1.165, 1.54) is 4.31 Å². The second kappa shape index (κ2) is 6.58. The average Bonchev–Trinajstić information content (AvgIpc) is 2.47. The summed E-state index contributed by atoms with van der Waals surface area (Å²) < 4.78 is 32.8. The first-order chi connectivity index (χ1) is 9.96. The van der Waals surface area contributed by atoms with Crippen molar-refractivity contribution in [2.75, 3.05) is 19.7 Å². The molecule has 2 N–H and O–H groups in total. The van der Waals surface area contributed by atoms with Crippen molar-refractivity contribution in [3.63, 3.8) is 0 Å². The maximum atomic E-state index is 12.9. The predicted octanol–water partition coefficient (Wildman–Crippen LogP) is 0.795. The first-order valence-electron chi connectivity index (χ1n) is 6.88. The molecule has 1 heterocycles. The van der Waals surface area contributed by atoms with E-state index in [2.05, 4.69) is 11.8 Å². The summed E-state index contributed by atoms with van der Waals surface area (Å²) >= 11 is 0. The zero-order chi connectivity index (χ0) is 15.5. The minimum Gasteiger partial charge on any atom is -0.375 e. The minimum atomic E-state index is -3.60. The van der Waals surface area contributed by atoms with Gasteiger partial charge in [0.15, 0.2) is 0 Å². The standard InChI is InChI=1S/C15H20N2O3S/c1-12-11-20-13(2)10-17(12)21(18,19)15-8-4-3-6-14(15)7-5-9-16/h3-4,6,8,12-13H,9-11,16H2,1-2H3. The molecule has 0 radical (unpaired) electrons. The smallest absolute Gasteiger partial charge is 0.244 e. The maximum Gasteiger partial charge on any atom is 0.244 e. The molecule has 1 aromatic rings. The molecule has 5 nitrogen and oxygen atoms in total. The molecule has 2 unspecified atom stereocenters. The van der Waals surface area contributed by atoms with Gasteiger partial charge in [0, 0.05) is 18.2 Å². The largest absolute Gasteiger partial charge is 0.375 e. The van der Waals surface area contributed by atoms with Gasteiger partial charge in [-0.1, -0.05) is 24.0 Å². The summed E-state index contributed by atoms with van der Waals surface area (Å²) in [4.78, 5) is 0.229. The van der Waals surface area contributed by atoms with Crippen LogP contribution in [0.5, 0.6) is 0 Å². The van der Waals surface area contributed by atoms with Crippen molar-refractivity contribution in [1.82, 2.24) is 4.31 Å². The van der Waals surface area contributed by atoms with Crippen LogP contribution in [-0.4, -0.2) is 44.6 Å². The zero-order valence-corrected chi connectivity index (χ0v) is 13.1. The van der Waals surface area contributed by atoms with Gasteiger partial charge in [0.05, 0.1) is 24.2 Å². The Balaban J connectivity index is 2.44. The van der Waals surface area contributed by atoms with Crippen LogP contribution < -0.4 is 5.73 Å². The van der Waals surface area contributed by atoms with Crippen LogP contribution in [0.1, 0.15) is 19.4 Å². The molecule has 21 heavy (non-hydrogen) atoms. The third kappa shape index (κ3) is 3.44. The van der Waals surface area contributed by atoms with E-state index < -0.39 is 10.0 Å². The molecule has 1 aliphatic rings. The molecule has 0 saturated carbocycles. The van der Waals surface area contributed by atoms with E-state index in [9.17, 15) is 8.42 Å². The van der Waals surface area contributed by atoms with Crippen molar-refractivity contribution in [3.8, 4) is 11.8 Å². The Kier molecular flexibility index (Phi) is 5.01. The quantitative estimate of drug-likeness (QED) is 0.820. The maximum absolute atomic E-state index is 12.9. The van der Waals surface area contributed by atoms with E-state index >= 15 is 0 Å². The van der Waals surface area contributed by atoms with Gasteiger partial charge in [-0.25, -0.2) is 8.42 Å². The summed E-state index contributed by atoms with van der Waals surface area (Å²) in [5, 5.41) is 0. The third-order valence-electron chi connectivity index (χ3n) is 3.35. The Hall–Kier alpha value is -1.39. The van der Waals surface area contributed by atoms with Crippen molar-refractivity contribution < 1.29 is 13.2 Å². The molecule has 2 atom stereocenters. The molecule has 2 rings (SSSR count). The molecular formula is C15H20N2O3S. The van der Waals surface area contributed by atoms with E-state index in [0.29, 0.717) is 18.7 Å². The molecular weight excluding hydrogens is 288 g/mol. The number of morpholine rings is 1. The lowest BCUT2D eigenvalue weighted by molar-refractivity contribution is -0.0170. The fraction of sp³-hybridized carbons (Fsp3) is 0.467. The number of ether oxygens (including phenoxy) is 1. The van der Waals surface area contributed by atoms with Crippen LogP contribution in [-0.2, 0) is 14.8 Å². The van der Waals surface area contributed by atoms with E-state index in [4.69, 9.17) is 10.5 Å². The lowest BCUT2D eigenvalue weighted by Crippen LogP contribution is -2.50. The van der Waals surface area contributed by atoms with Gasteiger partial charge in [-0.3, -0.25) is 0 Å². The predicted molar refractivity (Wildman–Crippen MR) is 81.1 cm³/mol. The fourth-order valence-corrected chi connectivity index (χ4v) is 4.12. The molecule has 1 saturated heterocycles. The number of benzene rings is 1. The van der Waals surface area contributed by atoms with E-state index in [1.807, 2.05) is 13.8 Å². The molecule has 114 valence electrons. The summed E-state index contributed by atoms with van der Waals surface area (Å²) in [6, 6.07) is 6.56. The Morgan fingerprint density at radius 1 is 1.38 bits per heavy atom. The Morgan fingerprint density at radius 3 is 2.81 bits per heavy atom. The van der Waals surface area contributed by atoms with Crippen LogP contribution in [0.4, 0.5) is 0 Å². The van der Waals surface area contributed by atoms with Gasteiger partial charge in [-0.2, -0.15) is 4.31 Å². The number of sulfonamides is 1. The Labute approximate surface area is 126 Å². The van der Waals surface area contributed by atoms with Gasteiger partial charge in [0.25, 0.3) is 0 Å². The molecule has 0 spiro atoms. The average molecular weight is 308 g/mol. The number of nitrogens with two attached hydrogens (primary N) is 1. The summed E-state index contributed by atoms with van der Waals surface area (Å²) in [7, 11) is -3.60. The summed E-state index contributed by atoms with van der Waals surface area (Å²) in [6.45, 7) is 4.66. The van der Waals surface area contributed by atoms with Crippen molar-refractivity contribution in [3.05, 3.63) is 29.8 Å². The molecule has 0 aliphatic carbocycles. The zero-order valence-electron chi connectivity index (χ0n) is 12.2. The fourth-order valence-electron chi connectivity index (χ4n) is 2.28. The van der Waals surface area contributed by atoms with Crippen molar-refractivity contribution in [2.24, 2.45) is 5.73 Å². The molecule has 1 aliphatic heterocycles. The number of hydrogen-bond donors (Lipinski definition) is 1. The van der Waals surface area contributed by atoms with Crippen LogP contribution in [0.2, 0.25) is 0 Å². The molecule has 1 aromatic carbocycles. The number of nitrogens with zero attached hydrogens (tertiary/aromatic N) is 1. The van der Waals surface area contributed by atoms with Crippen molar-refractivity contribution in [1.29, 1.82) is 0 Å². The number of hydrogen-bond acceptors (Lipinski definition) is 4. The van der Waals surface area contributed by atoms with Gasteiger partial charge in [-0.15, -0.1) is 0 Å². The Morgan fingerprint density at radius 2 is 2.10 bits per heavy atom. The summed E-state index contributed by atoms with van der Waals surface area (Å²) in [6.07, 6.45) is -0.113. The van der Waals surface area contributed by atoms with Gasteiger partial charge in [-0.05, 0) is 26.0 Å². The summed E-state index contributed by atoms with van der Waals surface area (Å²) in [5.74, 6) is 5.54. The van der Waals surface area contributed by atoms with E-state index in [-0.39, 0.29) is 23.6 Å². The number of rotatable bonds is 2. The first-order valence-corrected chi connectivity index (χ1v) is 8.32. The normalized spacial score (nSPS) is 23.4. The van der Waals surface area contributed by atoms with Crippen LogP contribution in [0, 0.1) is 11.8 Å². The van der Waals surface area contributed by atoms with Gasteiger partial charge < -0.3 is 10.5 Å². The molecule has 1 fully saturated rings. The highest BCUT2D eigenvalue weighted by Gasteiger charge is 2.35. The second-order valence-electron chi connectivity index (χ2n) is 5.07. The lowest BCUT2D eigenvalue weighted by Gasteiger charge is -2.35. The Bertz CT molecular complexity index is 661. The summed E-state index contributed by atoms with van der Waals surface area (Å²) in [5.41, 5.74) is 5.85. The van der Waals surface area contributed by atoms with Gasteiger partial charge in [0.1, 0.15) is 0 Å². The molecule has 0 bridgehead atoms. The molecule has 6 heteroatoms. The molecule has 0 aromatic heterocycles. The van der Waals surface area contributed by atoms with Crippen LogP contribution in [0.15, 0.2) is 29.2 Å². The van der Waals surface area contributed by atoms with Crippen LogP contribution in [0.25, 0.3) is 0 Å². The third-order valence-corrected chi connectivity index (χ3v) is 5.39. The topological polar surface area (TPSA) is 72.6 Å². The van der Waals surface area contributed by atoms with Crippen molar-refractivity contribution >= 4 is 10.0 Å². The monoisotopic (exact) mass is 308 g/mol. The highest BCUT2D eigenvalue weighted by atomic mass is 32.2. The van der Waals surface area contributed by atoms with Gasteiger partial charge >= 0.3 is 0 Å². The highest BCUT2D eigenvalue weighted by Crippen LogP contribution is 2.24. The lowest BCUT2D eigenvalue weighted by atomic mass is 10.2. The first kappa shape index (κ1) is 16.0. The van der Waals surface area contributed by atoms with Crippen LogP contribution >= 0.6 is 0 Å².